The minimum atomic E-state index is -0.120. The maximum Gasteiger partial charge on any atom is 0.264 e. The third-order valence-electron chi connectivity index (χ3n) is 6.66. The van der Waals surface area contributed by atoms with Crippen molar-refractivity contribution in [1.82, 2.24) is 10.2 Å². The van der Waals surface area contributed by atoms with Crippen molar-refractivity contribution in [3.8, 4) is 0 Å². The molecule has 0 saturated heterocycles. The van der Waals surface area contributed by atoms with Crippen molar-refractivity contribution < 1.29 is 9.59 Å². The van der Waals surface area contributed by atoms with E-state index in [0.717, 1.165) is 48.6 Å². The van der Waals surface area contributed by atoms with Gasteiger partial charge in [0.05, 0.1) is 10.6 Å². The summed E-state index contributed by atoms with van der Waals surface area (Å²) in [6.45, 7) is 3.59. The van der Waals surface area contributed by atoms with E-state index in [2.05, 4.69) is 34.5 Å². The monoisotopic (exact) mass is 517 g/mol. The van der Waals surface area contributed by atoms with E-state index in [1.165, 1.54) is 22.9 Å². The van der Waals surface area contributed by atoms with Gasteiger partial charge in [-0.1, -0.05) is 65.8 Å². The van der Waals surface area contributed by atoms with Crippen molar-refractivity contribution in [1.29, 1.82) is 0 Å². The predicted octanol–water partition coefficient (Wildman–Crippen LogP) is 5.63. The fourth-order valence-corrected chi connectivity index (χ4v) is 5.89. The summed E-state index contributed by atoms with van der Waals surface area (Å²) in [5, 5.41) is 3.64. The fourth-order valence-electron chi connectivity index (χ4n) is 4.62. The molecule has 184 valence electrons. The molecular formula is C29H28ClN3O2S. The van der Waals surface area contributed by atoms with E-state index in [1.54, 1.807) is 24.1 Å². The molecule has 36 heavy (non-hydrogen) atoms. The average molecular weight is 518 g/mol. The lowest BCUT2D eigenvalue weighted by Gasteiger charge is -2.28. The third-order valence-corrected chi connectivity index (χ3v) is 8.08. The van der Waals surface area contributed by atoms with Crippen molar-refractivity contribution >= 4 is 46.9 Å². The number of likely N-dealkylation sites (N-methyl/N-ethyl adjacent to an activating group) is 1. The van der Waals surface area contributed by atoms with Crippen LogP contribution in [0.2, 0.25) is 5.02 Å². The van der Waals surface area contributed by atoms with Crippen molar-refractivity contribution in [2.24, 2.45) is 0 Å². The first-order valence-electron chi connectivity index (χ1n) is 12.1. The van der Waals surface area contributed by atoms with Gasteiger partial charge in [-0.25, -0.2) is 0 Å². The Morgan fingerprint density at radius 1 is 1.08 bits per heavy atom. The second kappa shape index (κ2) is 10.9. The number of benzene rings is 3. The second-order valence-electron chi connectivity index (χ2n) is 9.08. The number of carbonyl (C=O) groups is 2. The molecule has 5 rings (SSSR count). The van der Waals surface area contributed by atoms with Crippen LogP contribution in [0.15, 0.2) is 76.5 Å². The first kappa shape index (κ1) is 24.6. The van der Waals surface area contributed by atoms with Gasteiger partial charge in [0.25, 0.3) is 11.8 Å². The number of nitrogens with zero attached hydrogens (tertiary/aromatic N) is 2. The number of rotatable bonds is 6. The summed E-state index contributed by atoms with van der Waals surface area (Å²) in [6, 6.07) is 21.6. The summed E-state index contributed by atoms with van der Waals surface area (Å²) in [6.07, 6.45) is 3.79. The lowest BCUT2D eigenvalue weighted by Crippen LogP contribution is -2.34. The standard InChI is InChI=1S/C29H28ClN3O2S/c1-32-25-17-22(11-12-26(25)36-27(29(32)35)18-21-8-4-5-10-24(21)30)28(34)31-14-6-15-33-16-13-20-7-2-3-9-23(20)19-33/h2-5,7-12,17-18H,6,13-16,19H2,1H3,(H,31,34). The zero-order valence-corrected chi connectivity index (χ0v) is 21.7. The number of carbonyl (C=O) groups excluding carboxylic acids is 2. The maximum atomic E-state index is 13.0. The Labute approximate surface area is 221 Å². The number of halogens is 1. The summed E-state index contributed by atoms with van der Waals surface area (Å²) < 4.78 is 0. The zero-order chi connectivity index (χ0) is 25.1. The molecule has 2 aliphatic heterocycles. The number of amides is 2. The zero-order valence-electron chi connectivity index (χ0n) is 20.2. The first-order chi connectivity index (χ1) is 17.5. The topological polar surface area (TPSA) is 52.7 Å². The van der Waals surface area contributed by atoms with E-state index in [1.807, 2.05) is 36.4 Å². The number of nitrogens with one attached hydrogen (secondary N) is 1. The first-order valence-corrected chi connectivity index (χ1v) is 13.3. The highest BCUT2D eigenvalue weighted by molar-refractivity contribution is 8.04. The predicted molar refractivity (Wildman–Crippen MR) is 148 cm³/mol. The Kier molecular flexibility index (Phi) is 7.46. The van der Waals surface area contributed by atoms with Gasteiger partial charge in [0.2, 0.25) is 0 Å². The van der Waals surface area contributed by atoms with Gasteiger partial charge in [-0.05, 0) is 59.9 Å². The molecule has 3 aromatic carbocycles. The maximum absolute atomic E-state index is 13.0. The molecule has 1 N–H and O–H groups in total. The van der Waals surface area contributed by atoms with Gasteiger partial charge in [-0.3, -0.25) is 14.5 Å². The average Bonchev–Trinajstić information content (AvgIpc) is 2.90. The summed E-state index contributed by atoms with van der Waals surface area (Å²) in [7, 11) is 1.74. The van der Waals surface area contributed by atoms with Gasteiger partial charge in [-0.2, -0.15) is 0 Å². The van der Waals surface area contributed by atoms with Crippen LogP contribution in [0.5, 0.6) is 0 Å². The normalized spacial score (nSPS) is 16.6. The van der Waals surface area contributed by atoms with E-state index in [9.17, 15) is 9.59 Å². The molecule has 0 fully saturated rings. The molecule has 5 nitrogen and oxygen atoms in total. The smallest absolute Gasteiger partial charge is 0.264 e. The van der Waals surface area contributed by atoms with Crippen LogP contribution in [0.1, 0.15) is 33.5 Å². The molecule has 2 aliphatic rings. The number of anilines is 1. The van der Waals surface area contributed by atoms with Gasteiger partial charge >= 0.3 is 0 Å². The summed E-state index contributed by atoms with van der Waals surface area (Å²) in [5.41, 5.74) is 4.95. The fraction of sp³-hybridized carbons (Fsp3) is 0.241. The highest BCUT2D eigenvalue weighted by Gasteiger charge is 2.27. The number of fused-ring (bicyclic) bond motifs is 2. The minimum absolute atomic E-state index is 0.118. The van der Waals surface area contributed by atoms with Crippen molar-refractivity contribution in [2.45, 2.75) is 24.3 Å². The highest BCUT2D eigenvalue weighted by atomic mass is 35.5. The third kappa shape index (κ3) is 5.36. The molecule has 2 amide bonds. The van der Waals surface area contributed by atoms with E-state index in [-0.39, 0.29) is 11.8 Å². The molecule has 7 heteroatoms. The molecule has 0 atom stereocenters. The molecule has 3 aromatic rings. The quantitative estimate of drug-likeness (QED) is 0.340. The molecule has 0 aromatic heterocycles. The van der Waals surface area contributed by atoms with Crippen LogP contribution in [-0.4, -0.2) is 43.4 Å². The van der Waals surface area contributed by atoms with Gasteiger partial charge in [0.15, 0.2) is 0 Å². The van der Waals surface area contributed by atoms with E-state index in [4.69, 9.17) is 11.6 Å². The Morgan fingerprint density at radius 2 is 1.86 bits per heavy atom. The largest absolute Gasteiger partial charge is 0.352 e. The number of thioether (sulfide) groups is 1. The van der Waals surface area contributed by atoms with Gasteiger partial charge in [0.1, 0.15) is 0 Å². The minimum Gasteiger partial charge on any atom is -0.352 e. The van der Waals surface area contributed by atoms with Crippen LogP contribution in [0.4, 0.5) is 5.69 Å². The molecule has 0 aliphatic carbocycles. The Balaban J connectivity index is 1.18. The van der Waals surface area contributed by atoms with Crippen LogP contribution in [-0.2, 0) is 17.8 Å². The van der Waals surface area contributed by atoms with Gasteiger partial charge < -0.3 is 10.2 Å². The summed E-state index contributed by atoms with van der Waals surface area (Å²) >= 11 is 7.67. The summed E-state index contributed by atoms with van der Waals surface area (Å²) in [4.78, 5) is 31.4. The molecular weight excluding hydrogens is 490 g/mol. The number of hydrogen-bond acceptors (Lipinski definition) is 4. The van der Waals surface area contributed by atoms with E-state index < -0.39 is 0 Å². The van der Waals surface area contributed by atoms with Crippen LogP contribution in [0.3, 0.4) is 0 Å². The van der Waals surface area contributed by atoms with Crippen LogP contribution < -0.4 is 10.2 Å². The molecule has 2 heterocycles. The van der Waals surface area contributed by atoms with Crippen LogP contribution in [0.25, 0.3) is 6.08 Å². The van der Waals surface area contributed by atoms with E-state index in [0.29, 0.717) is 22.0 Å². The SMILES string of the molecule is CN1C(=O)C(=Cc2ccccc2Cl)Sc2ccc(C(=O)NCCCN3CCc4ccccc4C3)cc21. The lowest BCUT2D eigenvalue weighted by atomic mass is 10.00. The van der Waals surface area contributed by atoms with Crippen LogP contribution >= 0.6 is 23.4 Å². The Bertz CT molecular complexity index is 1340. The molecule has 0 saturated carbocycles. The molecule has 0 unspecified atom stereocenters. The molecule has 0 bridgehead atoms. The van der Waals surface area contributed by atoms with Crippen molar-refractivity contribution in [3.63, 3.8) is 0 Å². The molecule has 0 radical (unpaired) electrons. The Morgan fingerprint density at radius 3 is 2.69 bits per heavy atom. The molecule has 0 spiro atoms. The number of hydrogen-bond donors (Lipinski definition) is 1. The summed E-state index contributed by atoms with van der Waals surface area (Å²) in [5.74, 6) is -0.238. The highest BCUT2D eigenvalue weighted by Crippen LogP contribution is 2.42. The van der Waals surface area contributed by atoms with Gasteiger partial charge in [0, 0.05) is 48.7 Å². The van der Waals surface area contributed by atoms with Crippen LogP contribution in [0, 0.1) is 0 Å². The van der Waals surface area contributed by atoms with Crippen molar-refractivity contribution in [2.75, 3.05) is 31.6 Å². The lowest BCUT2D eigenvalue weighted by molar-refractivity contribution is -0.114. The second-order valence-corrected chi connectivity index (χ2v) is 10.6. The Hall–Kier alpha value is -3.06. The van der Waals surface area contributed by atoms with E-state index >= 15 is 0 Å². The van der Waals surface area contributed by atoms with Gasteiger partial charge in [-0.15, -0.1) is 0 Å². The van der Waals surface area contributed by atoms with Crippen molar-refractivity contribution in [3.05, 3.63) is 98.9 Å².